The van der Waals surface area contributed by atoms with E-state index in [-0.39, 0.29) is 5.95 Å². The molecule has 7 heteroatoms. The van der Waals surface area contributed by atoms with Gasteiger partial charge in [-0.2, -0.15) is 9.67 Å². The molecule has 2 aliphatic rings. The summed E-state index contributed by atoms with van der Waals surface area (Å²) in [7, 11) is 0. The van der Waals surface area contributed by atoms with Gasteiger partial charge in [0.15, 0.2) is 0 Å². The van der Waals surface area contributed by atoms with E-state index in [9.17, 15) is 0 Å². The minimum atomic E-state index is 0.187. The third-order valence-corrected chi connectivity index (χ3v) is 5.06. The lowest BCUT2D eigenvalue weighted by Gasteiger charge is -2.25. The monoisotopic (exact) mass is 313 g/mol. The Hall–Kier alpha value is -2.15. The van der Waals surface area contributed by atoms with E-state index in [0.29, 0.717) is 12.0 Å². The molecular weight excluding hydrogens is 290 g/mol. The third kappa shape index (κ3) is 2.76. The summed E-state index contributed by atoms with van der Waals surface area (Å²) in [6.07, 6.45) is 9.02. The number of nitrogen functional groups attached to an aromatic ring is 2. The summed E-state index contributed by atoms with van der Waals surface area (Å²) in [5, 5.41) is 4.14. The first-order valence-corrected chi connectivity index (χ1v) is 8.41. The number of nitrogens with two attached hydrogens (primary N) is 2. The molecule has 1 saturated heterocycles. The maximum Gasteiger partial charge on any atom is 0.241 e. The van der Waals surface area contributed by atoms with Gasteiger partial charge in [0.2, 0.25) is 11.9 Å². The van der Waals surface area contributed by atoms with E-state index >= 15 is 0 Å². The van der Waals surface area contributed by atoms with Gasteiger partial charge in [0.25, 0.3) is 0 Å². The second-order valence-corrected chi connectivity index (χ2v) is 6.51. The molecule has 2 aromatic heterocycles. The Bertz CT molecular complexity index is 702. The summed E-state index contributed by atoms with van der Waals surface area (Å²) in [6, 6.07) is 2.83. The largest absolute Gasteiger partial charge is 0.368 e. The Morgan fingerprint density at radius 1 is 1.09 bits per heavy atom. The summed E-state index contributed by atoms with van der Waals surface area (Å²) in [5.74, 6) is 0.486. The molecule has 3 heterocycles. The molecule has 1 atom stereocenters. The van der Waals surface area contributed by atoms with Crippen molar-refractivity contribution in [1.82, 2.24) is 24.6 Å². The van der Waals surface area contributed by atoms with E-state index in [0.717, 1.165) is 18.5 Å². The molecule has 2 aromatic rings. The van der Waals surface area contributed by atoms with Crippen molar-refractivity contribution in [2.45, 2.75) is 44.6 Å². The SMILES string of the molecule is Nc1nc(N)n(-c2cnc3c(c2)CC[C@H](N2CCCC2)CC3)n1. The summed E-state index contributed by atoms with van der Waals surface area (Å²) < 4.78 is 1.56. The summed E-state index contributed by atoms with van der Waals surface area (Å²) in [6.45, 7) is 2.52. The molecule has 0 aromatic carbocycles. The number of rotatable bonds is 2. The molecule has 1 fully saturated rings. The Morgan fingerprint density at radius 2 is 1.87 bits per heavy atom. The van der Waals surface area contributed by atoms with Crippen molar-refractivity contribution < 1.29 is 0 Å². The highest BCUT2D eigenvalue weighted by molar-refractivity contribution is 5.42. The van der Waals surface area contributed by atoms with Gasteiger partial charge in [-0.3, -0.25) is 4.98 Å². The maximum atomic E-state index is 5.86. The van der Waals surface area contributed by atoms with Crippen molar-refractivity contribution in [2.24, 2.45) is 0 Å². The number of aryl methyl sites for hydroxylation is 2. The highest BCUT2D eigenvalue weighted by Crippen LogP contribution is 2.26. The molecule has 23 heavy (non-hydrogen) atoms. The number of fused-ring (bicyclic) bond motifs is 1. The number of hydrogen-bond acceptors (Lipinski definition) is 6. The zero-order chi connectivity index (χ0) is 15.8. The number of aromatic nitrogens is 4. The highest BCUT2D eigenvalue weighted by Gasteiger charge is 2.25. The summed E-state index contributed by atoms with van der Waals surface area (Å²) >= 11 is 0. The maximum absolute atomic E-state index is 5.86. The molecule has 0 radical (unpaired) electrons. The van der Waals surface area contributed by atoms with Gasteiger partial charge in [-0.1, -0.05) is 0 Å². The van der Waals surface area contributed by atoms with Gasteiger partial charge in [0.1, 0.15) is 0 Å². The second-order valence-electron chi connectivity index (χ2n) is 6.51. The Labute approximate surface area is 135 Å². The molecule has 0 unspecified atom stereocenters. The minimum Gasteiger partial charge on any atom is -0.368 e. The van der Waals surface area contributed by atoms with E-state index in [1.165, 1.54) is 50.0 Å². The van der Waals surface area contributed by atoms with Crippen LogP contribution < -0.4 is 11.5 Å². The van der Waals surface area contributed by atoms with Gasteiger partial charge in [-0.05, 0) is 63.2 Å². The zero-order valence-corrected chi connectivity index (χ0v) is 13.3. The fraction of sp³-hybridized carbons (Fsp3) is 0.562. The van der Waals surface area contributed by atoms with Crippen LogP contribution in [0.4, 0.5) is 11.9 Å². The number of anilines is 2. The van der Waals surface area contributed by atoms with Crippen LogP contribution >= 0.6 is 0 Å². The number of nitrogens with zero attached hydrogens (tertiary/aromatic N) is 5. The molecule has 0 bridgehead atoms. The molecule has 1 aliphatic carbocycles. The first-order valence-electron chi connectivity index (χ1n) is 8.41. The van der Waals surface area contributed by atoms with Crippen LogP contribution in [0.2, 0.25) is 0 Å². The molecule has 1 aliphatic heterocycles. The number of likely N-dealkylation sites (tertiary alicyclic amines) is 1. The lowest BCUT2D eigenvalue weighted by Crippen LogP contribution is -2.32. The van der Waals surface area contributed by atoms with E-state index < -0.39 is 0 Å². The first kappa shape index (κ1) is 14.4. The van der Waals surface area contributed by atoms with Crippen LogP contribution in [-0.2, 0) is 12.8 Å². The van der Waals surface area contributed by atoms with Crippen molar-refractivity contribution in [1.29, 1.82) is 0 Å². The van der Waals surface area contributed by atoms with Gasteiger partial charge in [0.05, 0.1) is 11.9 Å². The van der Waals surface area contributed by atoms with Crippen molar-refractivity contribution in [3.05, 3.63) is 23.5 Å². The zero-order valence-electron chi connectivity index (χ0n) is 13.3. The van der Waals surface area contributed by atoms with Crippen LogP contribution in [0, 0.1) is 0 Å². The smallest absolute Gasteiger partial charge is 0.241 e. The molecule has 0 spiro atoms. The van der Waals surface area contributed by atoms with Crippen LogP contribution in [0.1, 0.15) is 36.9 Å². The van der Waals surface area contributed by atoms with Crippen LogP contribution in [-0.4, -0.2) is 43.8 Å². The van der Waals surface area contributed by atoms with E-state index in [2.05, 4.69) is 26.0 Å². The van der Waals surface area contributed by atoms with Crippen molar-refractivity contribution >= 4 is 11.9 Å². The second kappa shape index (κ2) is 5.81. The normalized spacial score (nSPS) is 22.0. The first-order chi connectivity index (χ1) is 11.2. The van der Waals surface area contributed by atoms with Gasteiger partial charge in [-0.25, -0.2) is 0 Å². The van der Waals surface area contributed by atoms with Crippen LogP contribution in [0.3, 0.4) is 0 Å². The lowest BCUT2D eigenvalue weighted by atomic mass is 10.1. The Kier molecular flexibility index (Phi) is 3.65. The minimum absolute atomic E-state index is 0.187. The van der Waals surface area contributed by atoms with Gasteiger partial charge >= 0.3 is 0 Å². The van der Waals surface area contributed by atoms with E-state index in [1.54, 1.807) is 4.68 Å². The van der Waals surface area contributed by atoms with E-state index in [1.807, 2.05) is 6.20 Å². The Balaban J connectivity index is 1.57. The van der Waals surface area contributed by atoms with Gasteiger partial charge in [0, 0.05) is 11.7 Å². The lowest BCUT2D eigenvalue weighted by molar-refractivity contribution is 0.222. The molecule has 122 valence electrons. The molecular formula is C16H23N7. The van der Waals surface area contributed by atoms with Crippen molar-refractivity contribution in [3.8, 4) is 5.69 Å². The quantitative estimate of drug-likeness (QED) is 0.808. The predicted octanol–water partition coefficient (Wildman–Crippen LogP) is 1.17. The summed E-state index contributed by atoms with van der Waals surface area (Å²) in [4.78, 5) is 11.3. The summed E-state index contributed by atoms with van der Waals surface area (Å²) in [5.41, 5.74) is 14.8. The van der Waals surface area contributed by atoms with Crippen molar-refractivity contribution in [3.63, 3.8) is 0 Å². The number of hydrogen-bond donors (Lipinski definition) is 2. The number of pyridine rings is 1. The topological polar surface area (TPSA) is 98.9 Å². The van der Waals surface area contributed by atoms with Gasteiger partial charge < -0.3 is 16.4 Å². The average Bonchev–Trinajstić information content (AvgIpc) is 3.13. The fourth-order valence-corrected chi connectivity index (χ4v) is 3.86. The molecule has 0 amide bonds. The predicted molar refractivity (Wildman–Crippen MR) is 89.2 cm³/mol. The van der Waals surface area contributed by atoms with Gasteiger partial charge in [-0.15, -0.1) is 5.10 Å². The molecule has 4 N–H and O–H groups in total. The Morgan fingerprint density at radius 3 is 2.61 bits per heavy atom. The van der Waals surface area contributed by atoms with Crippen LogP contribution in [0.5, 0.6) is 0 Å². The fourth-order valence-electron chi connectivity index (χ4n) is 3.86. The van der Waals surface area contributed by atoms with Crippen LogP contribution in [0.15, 0.2) is 12.3 Å². The van der Waals surface area contributed by atoms with Crippen molar-refractivity contribution in [2.75, 3.05) is 24.6 Å². The average molecular weight is 313 g/mol. The molecule has 0 saturated carbocycles. The van der Waals surface area contributed by atoms with E-state index in [4.69, 9.17) is 11.5 Å². The highest BCUT2D eigenvalue weighted by atomic mass is 15.4. The molecule has 7 nitrogen and oxygen atoms in total. The standard InChI is InChI=1S/C16H23N7/c17-15-20-16(18)23(21-15)13-9-11-3-4-12(22-7-1-2-8-22)5-6-14(11)19-10-13/h9-10,12H,1-8H2,(H4,17,18,20,21)/t12-/m0/s1. The third-order valence-electron chi connectivity index (χ3n) is 5.06. The van der Waals surface area contributed by atoms with Crippen LogP contribution in [0.25, 0.3) is 5.69 Å². The molecule has 4 rings (SSSR count).